The molecule has 8 amide bonds. The van der Waals surface area contributed by atoms with Crippen molar-refractivity contribution in [3.63, 3.8) is 0 Å². The normalized spacial score (nSPS) is 16.7. The number of amides is 8. The van der Waals surface area contributed by atoms with Crippen molar-refractivity contribution in [2.45, 2.75) is 121 Å². The summed E-state index contributed by atoms with van der Waals surface area (Å²) in [6, 6.07) is -1.07. The molecule has 7 atom stereocenters. The van der Waals surface area contributed by atoms with Gasteiger partial charge in [-0.25, -0.2) is 4.79 Å². The molecule has 13 N–H and O–H groups in total. The van der Waals surface area contributed by atoms with Gasteiger partial charge < -0.3 is 58.9 Å². The highest BCUT2D eigenvalue weighted by Crippen LogP contribution is 2.21. The summed E-state index contributed by atoms with van der Waals surface area (Å²) in [7, 11) is 0. The summed E-state index contributed by atoms with van der Waals surface area (Å²) in [6.45, 7) is 6.88. The van der Waals surface area contributed by atoms with Gasteiger partial charge in [0.2, 0.25) is 47.3 Å². The van der Waals surface area contributed by atoms with E-state index in [2.05, 4.69) is 26.6 Å². The maximum absolute atomic E-state index is 14.1. The van der Waals surface area contributed by atoms with E-state index >= 15 is 0 Å². The third-order valence-electron chi connectivity index (χ3n) is 9.39. The molecule has 2 rings (SSSR count). The predicted octanol–water partition coefficient (Wildman–Crippen LogP) is -2.63. The smallest absolute Gasteiger partial charge is 0.326 e. The van der Waals surface area contributed by atoms with Crippen molar-refractivity contribution in [1.82, 2.24) is 31.5 Å². The Morgan fingerprint density at radius 1 is 0.729 bits per heavy atom. The quantitative estimate of drug-likeness (QED) is 0.0511. The second kappa shape index (κ2) is 23.3. The number of carboxylic acid groups (broad SMARTS) is 2. The third-order valence-corrected chi connectivity index (χ3v) is 9.39. The first-order valence-corrected chi connectivity index (χ1v) is 19.2. The van der Waals surface area contributed by atoms with E-state index in [9.17, 15) is 58.2 Å². The van der Waals surface area contributed by atoms with Gasteiger partial charge in [-0.1, -0.05) is 58.0 Å². The maximum atomic E-state index is 14.1. The topological polar surface area (TPSA) is 353 Å². The maximum Gasteiger partial charge on any atom is 0.326 e. The van der Waals surface area contributed by atoms with Crippen molar-refractivity contribution in [1.29, 1.82) is 0 Å². The second-order valence-corrected chi connectivity index (χ2v) is 15.2. The molecule has 0 spiro atoms. The van der Waals surface area contributed by atoms with Gasteiger partial charge in [0.1, 0.15) is 36.3 Å². The number of nitrogens with two attached hydrogens (primary N) is 3. The fourth-order valence-electron chi connectivity index (χ4n) is 6.34. The number of nitrogens with one attached hydrogen (secondary N) is 5. The van der Waals surface area contributed by atoms with Crippen LogP contribution in [0, 0.1) is 11.8 Å². The number of carbonyl (C=O) groups excluding carboxylic acids is 8. The van der Waals surface area contributed by atoms with Crippen molar-refractivity contribution < 1.29 is 58.2 Å². The summed E-state index contributed by atoms with van der Waals surface area (Å²) >= 11 is 0. The third kappa shape index (κ3) is 16.3. The largest absolute Gasteiger partial charge is 0.481 e. The Labute approximate surface area is 341 Å². The van der Waals surface area contributed by atoms with Gasteiger partial charge in [-0.05, 0) is 43.1 Å². The molecule has 0 unspecified atom stereocenters. The number of rotatable bonds is 24. The second-order valence-electron chi connectivity index (χ2n) is 15.2. The fourth-order valence-corrected chi connectivity index (χ4v) is 6.34. The fraction of sp³-hybridized carbons (Fsp3) is 0.579. The Morgan fingerprint density at radius 2 is 1.31 bits per heavy atom. The van der Waals surface area contributed by atoms with Crippen LogP contribution in [0.25, 0.3) is 0 Å². The first kappa shape index (κ1) is 49.0. The highest BCUT2D eigenvalue weighted by molar-refractivity contribution is 5.98. The number of carbonyl (C=O) groups is 10. The van der Waals surface area contributed by atoms with E-state index in [1.807, 2.05) is 13.8 Å². The number of primary amides is 2. The molecule has 21 nitrogen and oxygen atoms in total. The van der Waals surface area contributed by atoms with Crippen LogP contribution < -0.4 is 43.8 Å². The van der Waals surface area contributed by atoms with Crippen LogP contribution in [0.2, 0.25) is 0 Å². The number of carboxylic acids is 2. The van der Waals surface area contributed by atoms with E-state index in [0.717, 1.165) is 0 Å². The van der Waals surface area contributed by atoms with E-state index in [0.29, 0.717) is 12.0 Å². The summed E-state index contributed by atoms with van der Waals surface area (Å²) in [5, 5.41) is 31.6. The highest BCUT2D eigenvalue weighted by atomic mass is 16.4. The summed E-state index contributed by atoms with van der Waals surface area (Å²) in [5.74, 6) is -10.6. The number of benzene rings is 1. The zero-order valence-corrected chi connectivity index (χ0v) is 33.6. The molecule has 0 saturated carbocycles. The Hall–Kier alpha value is -6.12. The average molecular weight is 832 g/mol. The van der Waals surface area contributed by atoms with E-state index in [1.165, 1.54) is 4.90 Å². The summed E-state index contributed by atoms with van der Waals surface area (Å²) < 4.78 is 0. The number of nitrogens with zero attached hydrogens (tertiary/aromatic N) is 1. The van der Waals surface area contributed by atoms with E-state index in [-0.39, 0.29) is 31.7 Å². The Bertz CT molecular complexity index is 1710. The lowest BCUT2D eigenvalue weighted by Gasteiger charge is -2.32. The number of hydrogen-bond acceptors (Lipinski definition) is 11. The first-order chi connectivity index (χ1) is 27.6. The van der Waals surface area contributed by atoms with E-state index in [4.69, 9.17) is 17.2 Å². The molecule has 21 heteroatoms. The number of hydrogen-bond donors (Lipinski definition) is 10. The Balaban J connectivity index is 2.26. The SMILES string of the molecule is CC(C)C[C@H](NC(=O)[C@@H]1CCCN1C(=O)[C@@H](NC(=O)[C@H](CC(=O)O)NC(=O)[C@H](CCC(N)=O)NC(=O)[C@@H](N)CC(N)=O)C(C)C)C(=O)N[C@@H](Cc1ccccc1)C(=O)O. The van der Waals surface area contributed by atoms with Gasteiger partial charge in [-0.3, -0.25) is 43.2 Å². The minimum atomic E-state index is -1.81. The van der Waals surface area contributed by atoms with E-state index in [1.54, 1.807) is 44.2 Å². The molecule has 0 radical (unpaired) electrons. The van der Waals surface area contributed by atoms with Crippen molar-refractivity contribution in [3.8, 4) is 0 Å². The van der Waals surface area contributed by atoms with Crippen molar-refractivity contribution >= 4 is 59.2 Å². The van der Waals surface area contributed by atoms with Gasteiger partial charge in [0.05, 0.1) is 18.9 Å². The van der Waals surface area contributed by atoms with Gasteiger partial charge in [-0.15, -0.1) is 0 Å². The monoisotopic (exact) mass is 831 g/mol. The highest BCUT2D eigenvalue weighted by Gasteiger charge is 2.41. The van der Waals surface area contributed by atoms with Gasteiger partial charge in [-0.2, -0.15) is 0 Å². The predicted molar refractivity (Wildman–Crippen MR) is 209 cm³/mol. The molecule has 1 aromatic carbocycles. The lowest BCUT2D eigenvalue weighted by atomic mass is 10.00. The van der Waals surface area contributed by atoms with Crippen LogP contribution in [0.1, 0.15) is 78.2 Å². The zero-order chi connectivity index (χ0) is 44.6. The molecule has 0 aliphatic carbocycles. The average Bonchev–Trinajstić information content (AvgIpc) is 3.64. The molecule has 1 aliphatic rings. The zero-order valence-electron chi connectivity index (χ0n) is 33.6. The minimum Gasteiger partial charge on any atom is -0.481 e. The van der Waals surface area contributed by atoms with Crippen LogP contribution in [-0.2, 0) is 54.4 Å². The number of aliphatic carboxylic acids is 2. The van der Waals surface area contributed by atoms with E-state index < -0.39 is 133 Å². The van der Waals surface area contributed by atoms with Gasteiger partial charge in [0.25, 0.3) is 0 Å². The van der Waals surface area contributed by atoms with Gasteiger partial charge in [0.15, 0.2) is 0 Å². The number of likely N-dealkylation sites (tertiary alicyclic amines) is 1. The summed E-state index contributed by atoms with van der Waals surface area (Å²) in [4.78, 5) is 129. The molecule has 1 saturated heterocycles. The standard InChI is InChI=1S/C38H57N9O12/c1-19(2)15-24(34(54)45-26(38(58)59)16-21-9-6-5-7-10-21)44-36(56)27-11-8-14-47(27)37(57)31(20(3)4)46-35(55)25(18-30(50)51)43-33(53)23(12-13-28(40)48)42-32(52)22(39)17-29(41)49/h5-7,9-10,19-20,22-27,31H,8,11-18,39H2,1-4H3,(H2,40,48)(H2,41,49)(H,42,52)(H,43,53)(H,44,56)(H,45,54)(H,46,55)(H,50,51)(H,58,59)/t22-,23-,24-,25-,26-,27-,31-/m0/s1. The molecule has 0 bridgehead atoms. The van der Waals surface area contributed by atoms with Crippen LogP contribution in [0.15, 0.2) is 30.3 Å². The minimum absolute atomic E-state index is 0.00592. The lowest BCUT2D eigenvalue weighted by molar-refractivity contribution is -0.145. The Kier molecular flexibility index (Phi) is 19.4. The molecule has 326 valence electrons. The molecule has 1 aromatic rings. The first-order valence-electron chi connectivity index (χ1n) is 19.2. The summed E-state index contributed by atoms with van der Waals surface area (Å²) in [6.07, 6.45) is -1.67. The lowest BCUT2D eigenvalue weighted by Crippen LogP contribution is -2.61. The molecular weight excluding hydrogens is 774 g/mol. The van der Waals surface area contributed by atoms with Crippen LogP contribution in [0.3, 0.4) is 0 Å². The van der Waals surface area contributed by atoms with Crippen LogP contribution in [0.5, 0.6) is 0 Å². The van der Waals surface area contributed by atoms with Crippen LogP contribution >= 0.6 is 0 Å². The summed E-state index contributed by atoms with van der Waals surface area (Å²) in [5.41, 5.74) is 16.6. The molecule has 1 fully saturated rings. The van der Waals surface area contributed by atoms with Gasteiger partial charge in [0, 0.05) is 19.4 Å². The molecular formula is C38H57N9O12. The van der Waals surface area contributed by atoms with Crippen LogP contribution in [0.4, 0.5) is 0 Å². The van der Waals surface area contributed by atoms with Crippen molar-refractivity contribution in [2.75, 3.05) is 6.54 Å². The van der Waals surface area contributed by atoms with Crippen LogP contribution in [-0.4, -0.2) is 123 Å². The van der Waals surface area contributed by atoms with Gasteiger partial charge >= 0.3 is 11.9 Å². The molecule has 59 heavy (non-hydrogen) atoms. The van der Waals surface area contributed by atoms with Crippen molar-refractivity contribution in [2.24, 2.45) is 29.0 Å². The molecule has 1 heterocycles. The molecule has 1 aliphatic heterocycles. The Morgan fingerprint density at radius 3 is 1.85 bits per heavy atom. The molecule has 0 aromatic heterocycles. The van der Waals surface area contributed by atoms with Crippen molar-refractivity contribution in [3.05, 3.63) is 35.9 Å².